The molecule has 0 spiro atoms. The van der Waals surface area contributed by atoms with Gasteiger partial charge in [-0.1, -0.05) is 5.16 Å². The van der Waals surface area contributed by atoms with Crippen LogP contribution < -0.4 is 10.6 Å². The molecule has 1 rings (SSSR count). The molecule has 16 heavy (non-hydrogen) atoms. The smallest absolute Gasteiger partial charge is 0.240 e. The zero-order valence-electron chi connectivity index (χ0n) is 10.5. The van der Waals surface area contributed by atoms with Gasteiger partial charge >= 0.3 is 0 Å². The van der Waals surface area contributed by atoms with Crippen LogP contribution in [0.5, 0.6) is 0 Å². The Bertz CT molecular complexity index is 377. The Labute approximate surface area is 95.6 Å². The van der Waals surface area contributed by atoms with Crippen LogP contribution in [0, 0.1) is 13.8 Å². The summed E-state index contributed by atoms with van der Waals surface area (Å²) in [7, 11) is 0. The van der Waals surface area contributed by atoms with Crippen LogP contribution in [0.4, 0.5) is 5.88 Å². The molecule has 0 aliphatic rings. The van der Waals surface area contributed by atoms with Gasteiger partial charge in [0.1, 0.15) is 0 Å². The maximum atomic E-state index is 11.6. The van der Waals surface area contributed by atoms with Crippen molar-refractivity contribution < 1.29 is 9.32 Å². The fourth-order valence-electron chi connectivity index (χ4n) is 1.05. The summed E-state index contributed by atoms with van der Waals surface area (Å²) in [4.78, 5) is 11.6. The molecular weight excluding hydrogens is 206 g/mol. The molecule has 0 aliphatic heterocycles. The van der Waals surface area contributed by atoms with Gasteiger partial charge in [-0.15, -0.1) is 0 Å². The number of rotatable bonds is 3. The highest BCUT2D eigenvalue weighted by molar-refractivity contribution is 5.91. The molecular formula is C11H19N3O2. The fourth-order valence-corrected chi connectivity index (χ4v) is 1.05. The van der Waals surface area contributed by atoms with Crippen molar-refractivity contribution in [1.82, 2.24) is 10.5 Å². The van der Waals surface area contributed by atoms with E-state index in [-0.39, 0.29) is 18.0 Å². The van der Waals surface area contributed by atoms with Crippen LogP contribution in [0.15, 0.2) is 4.52 Å². The van der Waals surface area contributed by atoms with E-state index < -0.39 is 0 Å². The van der Waals surface area contributed by atoms with Gasteiger partial charge in [-0.3, -0.25) is 10.1 Å². The van der Waals surface area contributed by atoms with Crippen LogP contribution >= 0.6 is 0 Å². The van der Waals surface area contributed by atoms with Crippen LogP contribution in [0.25, 0.3) is 0 Å². The van der Waals surface area contributed by atoms with Crippen LogP contribution in [-0.4, -0.2) is 23.1 Å². The highest BCUT2D eigenvalue weighted by Crippen LogP contribution is 2.16. The molecule has 0 radical (unpaired) electrons. The number of hydrogen-bond acceptors (Lipinski definition) is 4. The van der Waals surface area contributed by atoms with E-state index in [2.05, 4.69) is 15.8 Å². The number of aromatic nitrogens is 1. The summed E-state index contributed by atoms with van der Waals surface area (Å²) >= 11 is 0. The average molecular weight is 225 g/mol. The first-order valence-electron chi connectivity index (χ1n) is 5.27. The molecule has 0 fully saturated rings. The lowest BCUT2D eigenvalue weighted by atomic mass is 10.1. The van der Waals surface area contributed by atoms with E-state index in [0.29, 0.717) is 5.88 Å². The van der Waals surface area contributed by atoms with Gasteiger partial charge in [-0.05, 0) is 34.6 Å². The summed E-state index contributed by atoms with van der Waals surface area (Å²) in [5.41, 5.74) is 1.58. The van der Waals surface area contributed by atoms with Gasteiger partial charge in [0.2, 0.25) is 11.8 Å². The summed E-state index contributed by atoms with van der Waals surface area (Å²) in [6.07, 6.45) is 0. The number of hydrogen-bond donors (Lipinski definition) is 2. The monoisotopic (exact) mass is 225 g/mol. The van der Waals surface area contributed by atoms with E-state index in [0.717, 1.165) is 11.3 Å². The van der Waals surface area contributed by atoms with E-state index in [1.807, 2.05) is 34.6 Å². The summed E-state index contributed by atoms with van der Waals surface area (Å²) in [5.74, 6) is 0.299. The van der Waals surface area contributed by atoms with Crippen molar-refractivity contribution in [1.29, 1.82) is 0 Å². The van der Waals surface area contributed by atoms with Gasteiger partial charge in [-0.25, -0.2) is 0 Å². The molecule has 0 saturated heterocycles. The highest BCUT2D eigenvalue weighted by atomic mass is 16.5. The standard InChI is InChI=1S/C11H19N3O2/c1-7-8(2)14-16-10(7)13-9(15)6-12-11(3,4)5/h12H,6H2,1-5H3,(H,13,15). The molecule has 5 heteroatoms. The molecule has 0 unspecified atom stereocenters. The molecule has 1 amide bonds. The van der Waals surface area contributed by atoms with E-state index >= 15 is 0 Å². The second-order valence-electron chi connectivity index (χ2n) is 4.87. The van der Waals surface area contributed by atoms with Crippen LogP contribution in [0.2, 0.25) is 0 Å². The van der Waals surface area contributed by atoms with Crippen molar-refractivity contribution in [2.24, 2.45) is 0 Å². The van der Waals surface area contributed by atoms with Crippen LogP contribution in [-0.2, 0) is 4.79 Å². The van der Waals surface area contributed by atoms with Crippen molar-refractivity contribution in [3.05, 3.63) is 11.3 Å². The minimum Gasteiger partial charge on any atom is -0.338 e. The Balaban J connectivity index is 2.49. The molecule has 2 N–H and O–H groups in total. The Hall–Kier alpha value is -1.36. The number of carbonyl (C=O) groups excluding carboxylic acids is 1. The Morgan fingerprint density at radius 1 is 1.38 bits per heavy atom. The number of nitrogens with zero attached hydrogens (tertiary/aromatic N) is 1. The van der Waals surface area contributed by atoms with E-state index in [4.69, 9.17) is 4.52 Å². The molecule has 0 bridgehead atoms. The first-order chi connectivity index (χ1) is 7.29. The summed E-state index contributed by atoms with van der Waals surface area (Å²) in [6.45, 7) is 9.96. The van der Waals surface area contributed by atoms with Gasteiger partial charge < -0.3 is 9.84 Å². The van der Waals surface area contributed by atoms with Gasteiger partial charge in [0, 0.05) is 11.1 Å². The average Bonchev–Trinajstić information content (AvgIpc) is 2.46. The van der Waals surface area contributed by atoms with Crippen molar-refractivity contribution in [3.63, 3.8) is 0 Å². The van der Waals surface area contributed by atoms with Crippen LogP contribution in [0.1, 0.15) is 32.0 Å². The van der Waals surface area contributed by atoms with E-state index in [9.17, 15) is 4.79 Å². The molecule has 90 valence electrons. The van der Waals surface area contributed by atoms with Crippen molar-refractivity contribution in [2.45, 2.75) is 40.2 Å². The first-order valence-corrected chi connectivity index (χ1v) is 5.27. The molecule has 0 aromatic carbocycles. The molecule has 1 aromatic rings. The maximum absolute atomic E-state index is 11.6. The zero-order valence-corrected chi connectivity index (χ0v) is 10.5. The largest absolute Gasteiger partial charge is 0.338 e. The molecule has 0 aliphatic carbocycles. The number of aryl methyl sites for hydroxylation is 1. The third kappa shape index (κ3) is 3.66. The minimum atomic E-state index is -0.130. The summed E-state index contributed by atoms with van der Waals surface area (Å²) in [6, 6.07) is 0. The van der Waals surface area contributed by atoms with Gasteiger partial charge in [0.25, 0.3) is 0 Å². The molecule has 5 nitrogen and oxygen atoms in total. The van der Waals surface area contributed by atoms with Crippen molar-refractivity contribution in [2.75, 3.05) is 11.9 Å². The summed E-state index contributed by atoms with van der Waals surface area (Å²) in [5, 5.41) is 9.54. The van der Waals surface area contributed by atoms with Gasteiger partial charge in [-0.2, -0.15) is 0 Å². The van der Waals surface area contributed by atoms with Crippen molar-refractivity contribution in [3.8, 4) is 0 Å². The topological polar surface area (TPSA) is 67.2 Å². The molecule has 0 saturated carbocycles. The highest BCUT2D eigenvalue weighted by Gasteiger charge is 2.14. The van der Waals surface area contributed by atoms with Gasteiger partial charge in [0.05, 0.1) is 12.2 Å². The molecule has 0 atom stereocenters. The lowest BCUT2D eigenvalue weighted by Crippen LogP contribution is -2.41. The number of nitrogens with one attached hydrogen (secondary N) is 2. The number of amides is 1. The Morgan fingerprint density at radius 2 is 2.00 bits per heavy atom. The Kier molecular flexibility index (Phi) is 3.70. The third-order valence-electron chi connectivity index (χ3n) is 2.19. The predicted octanol–water partition coefficient (Wildman–Crippen LogP) is 1.62. The first kappa shape index (κ1) is 12.7. The SMILES string of the molecule is Cc1noc(NC(=O)CNC(C)(C)C)c1C. The third-order valence-corrected chi connectivity index (χ3v) is 2.19. The fraction of sp³-hybridized carbons (Fsp3) is 0.636. The second kappa shape index (κ2) is 4.65. The maximum Gasteiger partial charge on any atom is 0.240 e. The zero-order chi connectivity index (χ0) is 12.3. The lowest BCUT2D eigenvalue weighted by molar-refractivity contribution is -0.115. The second-order valence-corrected chi connectivity index (χ2v) is 4.87. The molecule has 1 aromatic heterocycles. The minimum absolute atomic E-state index is 0.0796. The van der Waals surface area contributed by atoms with Crippen LogP contribution in [0.3, 0.4) is 0 Å². The van der Waals surface area contributed by atoms with Crippen molar-refractivity contribution >= 4 is 11.8 Å². The Morgan fingerprint density at radius 3 is 2.44 bits per heavy atom. The number of anilines is 1. The quantitative estimate of drug-likeness (QED) is 0.820. The van der Waals surface area contributed by atoms with Gasteiger partial charge in [0.15, 0.2) is 0 Å². The van der Waals surface area contributed by atoms with E-state index in [1.165, 1.54) is 0 Å². The normalized spacial score (nSPS) is 11.6. The molecule has 1 heterocycles. The van der Waals surface area contributed by atoms with E-state index in [1.54, 1.807) is 0 Å². The summed E-state index contributed by atoms with van der Waals surface area (Å²) < 4.78 is 4.99. The lowest BCUT2D eigenvalue weighted by Gasteiger charge is -2.19. The predicted molar refractivity (Wildman–Crippen MR) is 62.4 cm³/mol. The number of carbonyl (C=O) groups is 1.